The van der Waals surface area contributed by atoms with Gasteiger partial charge in [-0.2, -0.15) is 5.10 Å². The van der Waals surface area contributed by atoms with Gasteiger partial charge in [-0.15, -0.1) is 0 Å². The topological polar surface area (TPSA) is 46.0 Å². The lowest BCUT2D eigenvalue weighted by Gasteiger charge is -2.33. The Labute approximate surface area is 126 Å². The second-order valence-corrected chi connectivity index (χ2v) is 5.60. The van der Waals surface area contributed by atoms with Crippen molar-refractivity contribution in [3.8, 4) is 0 Å². The summed E-state index contributed by atoms with van der Waals surface area (Å²) < 4.78 is 1.95. The van der Waals surface area contributed by atoms with Crippen molar-refractivity contribution in [1.82, 2.24) is 20.1 Å². The molecule has 0 radical (unpaired) electrons. The number of aromatic nitrogens is 3. The summed E-state index contributed by atoms with van der Waals surface area (Å²) in [4.78, 5) is 6.80. The number of aryl methyl sites for hydroxylation is 1. The molecule has 1 saturated heterocycles. The van der Waals surface area contributed by atoms with Gasteiger partial charge in [0, 0.05) is 57.2 Å². The first kappa shape index (κ1) is 14.1. The second kappa shape index (κ2) is 6.72. The number of hydrogen-bond acceptors (Lipinski definition) is 4. The Balaban J connectivity index is 1.41. The van der Waals surface area contributed by atoms with Gasteiger partial charge in [0.25, 0.3) is 0 Å². The summed E-state index contributed by atoms with van der Waals surface area (Å²) in [6.07, 6.45) is 7.13. The molecule has 2 aromatic rings. The minimum absolute atomic E-state index is 0.623. The Morgan fingerprint density at radius 2 is 2.05 bits per heavy atom. The van der Waals surface area contributed by atoms with Crippen LogP contribution in [0.25, 0.3) is 0 Å². The van der Waals surface area contributed by atoms with E-state index in [2.05, 4.69) is 38.5 Å². The van der Waals surface area contributed by atoms with Crippen LogP contribution in [0.3, 0.4) is 0 Å². The lowest BCUT2D eigenvalue weighted by molar-refractivity contribution is 0.414. The molecule has 1 fully saturated rings. The van der Waals surface area contributed by atoms with Gasteiger partial charge >= 0.3 is 0 Å². The van der Waals surface area contributed by atoms with Crippen molar-refractivity contribution in [1.29, 1.82) is 0 Å². The van der Waals surface area contributed by atoms with E-state index in [0.29, 0.717) is 6.04 Å². The molecule has 1 aliphatic rings. The summed E-state index contributed by atoms with van der Waals surface area (Å²) >= 11 is 0. The first-order valence-electron chi connectivity index (χ1n) is 7.69. The van der Waals surface area contributed by atoms with Gasteiger partial charge in [0.15, 0.2) is 0 Å². The van der Waals surface area contributed by atoms with Crippen LogP contribution in [-0.2, 0) is 13.5 Å². The lowest BCUT2D eigenvalue weighted by atomic mass is 10.0. The molecule has 0 unspecified atom stereocenters. The maximum atomic E-state index is 4.43. The van der Waals surface area contributed by atoms with Crippen LogP contribution in [0.5, 0.6) is 0 Å². The quantitative estimate of drug-likeness (QED) is 0.907. The van der Waals surface area contributed by atoms with E-state index >= 15 is 0 Å². The highest BCUT2D eigenvalue weighted by molar-refractivity contribution is 5.38. The van der Waals surface area contributed by atoms with E-state index in [-0.39, 0.29) is 0 Å². The van der Waals surface area contributed by atoms with Gasteiger partial charge in [0.2, 0.25) is 0 Å². The molecule has 21 heavy (non-hydrogen) atoms. The molecule has 3 heterocycles. The molecule has 112 valence electrons. The molecule has 3 rings (SSSR count). The van der Waals surface area contributed by atoms with Gasteiger partial charge in [-0.1, -0.05) is 6.07 Å². The third-order valence-electron chi connectivity index (χ3n) is 4.20. The number of hydrogen-bond donors (Lipinski definition) is 1. The Hall–Kier alpha value is -1.88. The molecular weight excluding hydrogens is 262 g/mol. The highest BCUT2D eigenvalue weighted by atomic mass is 15.3. The fraction of sp³-hybridized carbons (Fsp3) is 0.500. The summed E-state index contributed by atoms with van der Waals surface area (Å²) in [6, 6.07) is 8.83. The summed E-state index contributed by atoms with van der Waals surface area (Å²) in [7, 11) is 2.00. The lowest BCUT2D eigenvalue weighted by Crippen LogP contribution is -2.43. The largest absolute Gasteiger partial charge is 0.357 e. The Kier molecular flexibility index (Phi) is 4.50. The van der Waals surface area contributed by atoms with Gasteiger partial charge < -0.3 is 10.2 Å². The number of anilines is 1. The summed E-state index contributed by atoms with van der Waals surface area (Å²) in [6.45, 7) is 3.19. The molecule has 2 aromatic heterocycles. The predicted octanol–water partition coefficient (Wildman–Crippen LogP) is 1.62. The Morgan fingerprint density at radius 3 is 2.71 bits per heavy atom. The standard InChI is InChI=1S/C16H23N5/c1-20-15(6-11-19-20)5-10-17-14-7-12-21(13-8-14)16-4-2-3-9-18-16/h2-4,6,9,11,14,17H,5,7-8,10,12-13H2,1H3. The van der Waals surface area contributed by atoms with Gasteiger partial charge in [-0.3, -0.25) is 4.68 Å². The number of pyridine rings is 1. The normalized spacial score (nSPS) is 16.3. The van der Waals surface area contributed by atoms with Crippen LogP contribution in [0.1, 0.15) is 18.5 Å². The van der Waals surface area contributed by atoms with Crippen molar-refractivity contribution >= 4 is 5.82 Å². The van der Waals surface area contributed by atoms with Crippen LogP contribution >= 0.6 is 0 Å². The first-order chi connectivity index (χ1) is 10.3. The maximum absolute atomic E-state index is 4.43. The van der Waals surface area contributed by atoms with Crippen LogP contribution in [-0.4, -0.2) is 40.4 Å². The SMILES string of the molecule is Cn1nccc1CCNC1CCN(c2ccccn2)CC1. The number of piperidine rings is 1. The highest BCUT2D eigenvalue weighted by Crippen LogP contribution is 2.17. The van der Waals surface area contributed by atoms with E-state index in [1.807, 2.05) is 30.2 Å². The number of nitrogens with one attached hydrogen (secondary N) is 1. The number of nitrogens with zero attached hydrogens (tertiary/aromatic N) is 4. The summed E-state index contributed by atoms with van der Waals surface area (Å²) in [5.41, 5.74) is 1.29. The van der Waals surface area contributed by atoms with Crippen LogP contribution in [0, 0.1) is 0 Å². The zero-order valence-corrected chi connectivity index (χ0v) is 12.6. The molecule has 5 nitrogen and oxygen atoms in total. The van der Waals surface area contributed by atoms with Crippen molar-refractivity contribution in [2.75, 3.05) is 24.5 Å². The molecule has 0 aliphatic carbocycles. The average molecular weight is 285 g/mol. The third kappa shape index (κ3) is 3.61. The minimum Gasteiger partial charge on any atom is -0.357 e. The van der Waals surface area contributed by atoms with E-state index in [4.69, 9.17) is 0 Å². The smallest absolute Gasteiger partial charge is 0.128 e. The maximum Gasteiger partial charge on any atom is 0.128 e. The fourth-order valence-corrected chi connectivity index (χ4v) is 2.90. The van der Waals surface area contributed by atoms with Crippen LogP contribution in [0.15, 0.2) is 36.7 Å². The molecule has 1 N–H and O–H groups in total. The van der Waals surface area contributed by atoms with Crippen LogP contribution in [0.4, 0.5) is 5.82 Å². The molecule has 5 heteroatoms. The van der Waals surface area contributed by atoms with Crippen molar-refractivity contribution in [3.05, 3.63) is 42.4 Å². The van der Waals surface area contributed by atoms with Crippen LogP contribution < -0.4 is 10.2 Å². The molecule has 0 saturated carbocycles. The van der Waals surface area contributed by atoms with E-state index in [9.17, 15) is 0 Å². The van der Waals surface area contributed by atoms with Crippen molar-refractivity contribution < 1.29 is 0 Å². The molecule has 1 aliphatic heterocycles. The van der Waals surface area contributed by atoms with E-state index in [1.165, 1.54) is 18.5 Å². The Bertz CT molecular complexity index is 543. The van der Waals surface area contributed by atoms with Crippen molar-refractivity contribution in [2.24, 2.45) is 7.05 Å². The summed E-state index contributed by atoms with van der Waals surface area (Å²) in [5.74, 6) is 1.10. The van der Waals surface area contributed by atoms with Crippen molar-refractivity contribution in [3.63, 3.8) is 0 Å². The van der Waals surface area contributed by atoms with E-state index in [1.54, 1.807) is 0 Å². The fourth-order valence-electron chi connectivity index (χ4n) is 2.90. The van der Waals surface area contributed by atoms with Gasteiger partial charge in [-0.05, 0) is 31.0 Å². The first-order valence-corrected chi connectivity index (χ1v) is 7.69. The average Bonchev–Trinajstić information content (AvgIpc) is 2.94. The van der Waals surface area contributed by atoms with Crippen molar-refractivity contribution in [2.45, 2.75) is 25.3 Å². The molecule has 0 atom stereocenters. The molecule has 0 aromatic carbocycles. The highest BCUT2D eigenvalue weighted by Gasteiger charge is 2.19. The van der Waals surface area contributed by atoms with E-state index < -0.39 is 0 Å². The van der Waals surface area contributed by atoms with Crippen LogP contribution in [0.2, 0.25) is 0 Å². The third-order valence-corrected chi connectivity index (χ3v) is 4.20. The van der Waals surface area contributed by atoms with Gasteiger partial charge in [0.05, 0.1) is 0 Å². The van der Waals surface area contributed by atoms with Gasteiger partial charge in [-0.25, -0.2) is 4.98 Å². The van der Waals surface area contributed by atoms with Gasteiger partial charge in [0.1, 0.15) is 5.82 Å². The zero-order chi connectivity index (χ0) is 14.5. The Morgan fingerprint density at radius 1 is 1.19 bits per heavy atom. The molecule has 0 amide bonds. The molecular formula is C16H23N5. The molecule has 0 bridgehead atoms. The predicted molar refractivity (Wildman–Crippen MR) is 84.4 cm³/mol. The summed E-state index contributed by atoms with van der Waals surface area (Å²) in [5, 5.41) is 7.87. The second-order valence-electron chi connectivity index (χ2n) is 5.60. The van der Waals surface area contributed by atoms with E-state index in [0.717, 1.165) is 31.9 Å². The zero-order valence-electron chi connectivity index (χ0n) is 12.6. The monoisotopic (exact) mass is 285 g/mol. The minimum atomic E-state index is 0.623. The number of rotatable bonds is 5. The molecule has 0 spiro atoms.